The number of carbonyl (C=O) groups is 2. The van der Waals surface area contributed by atoms with Crippen molar-refractivity contribution >= 4 is 11.9 Å². The summed E-state index contributed by atoms with van der Waals surface area (Å²) in [6.07, 6.45) is -3.30. The topological polar surface area (TPSA) is 66.8 Å². The van der Waals surface area contributed by atoms with E-state index in [4.69, 9.17) is 9.84 Å². The van der Waals surface area contributed by atoms with E-state index in [2.05, 4.69) is 0 Å². The highest BCUT2D eigenvalue weighted by atomic mass is 19.4. The number of carbonyl (C=O) groups excluding carboxylic acids is 1. The zero-order chi connectivity index (χ0) is 17.0. The van der Waals surface area contributed by atoms with Crippen LogP contribution in [0.4, 0.5) is 13.2 Å². The van der Waals surface area contributed by atoms with Crippen molar-refractivity contribution in [2.75, 3.05) is 19.7 Å². The summed E-state index contributed by atoms with van der Waals surface area (Å²) in [5.74, 6) is -1.75. The highest BCUT2D eigenvalue weighted by Crippen LogP contribution is 2.30. The molecule has 1 aliphatic heterocycles. The molecule has 23 heavy (non-hydrogen) atoms. The van der Waals surface area contributed by atoms with Crippen molar-refractivity contribution < 1.29 is 32.6 Å². The Morgan fingerprint density at radius 3 is 2.48 bits per heavy atom. The molecule has 1 atom stereocenters. The SMILES string of the molecule is O=C(O)C1CCCN(C(=O)COc2ccc(C(F)(F)F)cc2)C1. The molecule has 1 amide bonds. The second kappa shape index (κ2) is 6.89. The van der Waals surface area contributed by atoms with E-state index < -0.39 is 23.6 Å². The van der Waals surface area contributed by atoms with Gasteiger partial charge in [0.1, 0.15) is 5.75 Å². The molecule has 1 heterocycles. The van der Waals surface area contributed by atoms with Crippen LogP contribution < -0.4 is 4.74 Å². The van der Waals surface area contributed by atoms with Crippen LogP contribution in [0.2, 0.25) is 0 Å². The predicted octanol–water partition coefficient (Wildman–Crippen LogP) is 2.41. The fourth-order valence-electron chi connectivity index (χ4n) is 2.38. The number of carboxylic acid groups (broad SMARTS) is 1. The van der Waals surface area contributed by atoms with Gasteiger partial charge in [-0.2, -0.15) is 13.2 Å². The maximum Gasteiger partial charge on any atom is 0.416 e. The van der Waals surface area contributed by atoms with Crippen molar-refractivity contribution in [1.29, 1.82) is 0 Å². The highest BCUT2D eigenvalue weighted by molar-refractivity contribution is 5.79. The monoisotopic (exact) mass is 331 g/mol. The Bertz CT molecular complexity index is 571. The summed E-state index contributed by atoms with van der Waals surface area (Å²) in [7, 11) is 0. The van der Waals surface area contributed by atoms with Gasteiger partial charge in [-0.3, -0.25) is 9.59 Å². The maximum absolute atomic E-state index is 12.4. The van der Waals surface area contributed by atoms with Gasteiger partial charge in [-0.15, -0.1) is 0 Å². The largest absolute Gasteiger partial charge is 0.484 e. The van der Waals surface area contributed by atoms with Crippen molar-refractivity contribution in [2.45, 2.75) is 19.0 Å². The molecule has 8 heteroatoms. The van der Waals surface area contributed by atoms with E-state index in [1.165, 1.54) is 4.90 Å². The maximum atomic E-state index is 12.4. The van der Waals surface area contributed by atoms with Gasteiger partial charge in [0.25, 0.3) is 5.91 Å². The molecule has 0 saturated carbocycles. The first kappa shape index (κ1) is 17.1. The van der Waals surface area contributed by atoms with Gasteiger partial charge in [-0.05, 0) is 37.1 Å². The molecule has 2 rings (SSSR count). The molecule has 1 aliphatic rings. The summed E-state index contributed by atoms with van der Waals surface area (Å²) in [4.78, 5) is 24.4. The normalized spacial score (nSPS) is 18.6. The van der Waals surface area contributed by atoms with Crippen LogP contribution in [0.5, 0.6) is 5.75 Å². The lowest BCUT2D eigenvalue weighted by Gasteiger charge is -2.30. The molecule has 1 N–H and O–H groups in total. The van der Waals surface area contributed by atoms with E-state index in [0.717, 1.165) is 24.3 Å². The number of hydrogen-bond acceptors (Lipinski definition) is 3. The summed E-state index contributed by atoms with van der Waals surface area (Å²) >= 11 is 0. The third-order valence-corrected chi connectivity index (χ3v) is 3.67. The Morgan fingerprint density at radius 2 is 1.91 bits per heavy atom. The number of rotatable bonds is 4. The molecule has 1 aromatic carbocycles. The lowest BCUT2D eigenvalue weighted by molar-refractivity contribution is -0.146. The van der Waals surface area contributed by atoms with Crippen molar-refractivity contribution in [3.8, 4) is 5.75 Å². The van der Waals surface area contributed by atoms with Crippen molar-refractivity contribution in [2.24, 2.45) is 5.92 Å². The van der Waals surface area contributed by atoms with Gasteiger partial charge in [0.05, 0.1) is 11.5 Å². The number of likely N-dealkylation sites (tertiary alicyclic amines) is 1. The number of ether oxygens (including phenoxy) is 1. The average molecular weight is 331 g/mol. The highest BCUT2D eigenvalue weighted by Gasteiger charge is 2.30. The second-order valence-corrected chi connectivity index (χ2v) is 5.33. The van der Waals surface area contributed by atoms with Gasteiger partial charge in [0.15, 0.2) is 6.61 Å². The molecular formula is C15H16F3NO4. The third kappa shape index (κ3) is 4.61. The zero-order valence-corrected chi connectivity index (χ0v) is 12.2. The van der Waals surface area contributed by atoms with E-state index in [1.54, 1.807) is 0 Å². The minimum Gasteiger partial charge on any atom is -0.484 e. The molecule has 0 radical (unpaired) electrons. The molecular weight excluding hydrogens is 315 g/mol. The summed E-state index contributed by atoms with van der Waals surface area (Å²) in [6, 6.07) is 4.04. The molecule has 1 fully saturated rings. The third-order valence-electron chi connectivity index (χ3n) is 3.67. The Hall–Kier alpha value is -2.25. The minimum atomic E-state index is -4.42. The van der Waals surface area contributed by atoms with E-state index in [1.807, 2.05) is 0 Å². The Balaban J connectivity index is 1.88. The van der Waals surface area contributed by atoms with E-state index >= 15 is 0 Å². The number of halogens is 3. The number of alkyl halides is 3. The van der Waals surface area contributed by atoms with Gasteiger partial charge in [0.2, 0.25) is 0 Å². The summed E-state index contributed by atoms with van der Waals surface area (Å²) in [5, 5.41) is 8.98. The van der Waals surface area contributed by atoms with Crippen LogP contribution in [-0.4, -0.2) is 41.6 Å². The first-order chi connectivity index (χ1) is 10.8. The summed E-state index contributed by atoms with van der Waals surface area (Å²) in [5.41, 5.74) is -0.795. The quantitative estimate of drug-likeness (QED) is 0.920. The number of piperidine rings is 1. The van der Waals surface area contributed by atoms with Crippen molar-refractivity contribution in [1.82, 2.24) is 4.90 Å². The number of hydrogen-bond donors (Lipinski definition) is 1. The summed E-state index contributed by atoms with van der Waals surface area (Å²) in [6.45, 7) is 0.251. The van der Waals surface area contributed by atoms with E-state index in [-0.39, 0.29) is 24.8 Å². The van der Waals surface area contributed by atoms with Crippen LogP contribution in [0.15, 0.2) is 24.3 Å². The van der Waals surface area contributed by atoms with Crippen LogP contribution in [0, 0.1) is 5.92 Å². The predicted molar refractivity (Wildman–Crippen MR) is 73.9 cm³/mol. The number of aliphatic carboxylic acids is 1. The lowest BCUT2D eigenvalue weighted by Crippen LogP contribution is -2.44. The Morgan fingerprint density at radius 1 is 1.26 bits per heavy atom. The standard InChI is InChI=1S/C15H16F3NO4/c16-15(17,18)11-3-5-12(6-4-11)23-9-13(20)19-7-1-2-10(8-19)14(21)22/h3-6,10H,1-2,7-9H2,(H,21,22). The van der Waals surface area contributed by atoms with Crippen LogP contribution in [0.25, 0.3) is 0 Å². The van der Waals surface area contributed by atoms with Crippen LogP contribution in [-0.2, 0) is 15.8 Å². The molecule has 1 saturated heterocycles. The van der Waals surface area contributed by atoms with Crippen molar-refractivity contribution in [3.63, 3.8) is 0 Å². The van der Waals surface area contributed by atoms with Gasteiger partial charge >= 0.3 is 12.1 Å². The molecule has 1 unspecified atom stereocenters. The van der Waals surface area contributed by atoms with E-state index in [0.29, 0.717) is 19.4 Å². The fourth-order valence-corrected chi connectivity index (χ4v) is 2.38. The van der Waals surface area contributed by atoms with Gasteiger partial charge in [-0.1, -0.05) is 0 Å². The molecule has 0 aromatic heterocycles. The Kier molecular flexibility index (Phi) is 5.12. The number of amides is 1. The first-order valence-corrected chi connectivity index (χ1v) is 7.08. The molecule has 0 spiro atoms. The zero-order valence-electron chi connectivity index (χ0n) is 12.2. The first-order valence-electron chi connectivity index (χ1n) is 7.08. The second-order valence-electron chi connectivity index (χ2n) is 5.33. The molecule has 0 aliphatic carbocycles. The number of carboxylic acids is 1. The minimum absolute atomic E-state index is 0.130. The van der Waals surface area contributed by atoms with Crippen LogP contribution in [0.1, 0.15) is 18.4 Å². The fraction of sp³-hybridized carbons (Fsp3) is 0.467. The van der Waals surface area contributed by atoms with Crippen LogP contribution >= 0.6 is 0 Å². The molecule has 1 aromatic rings. The van der Waals surface area contributed by atoms with Gasteiger partial charge < -0.3 is 14.7 Å². The average Bonchev–Trinajstić information content (AvgIpc) is 2.52. The summed E-state index contributed by atoms with van der Waals surface area (Å²) < 4.78 is 42.5. The Labute approximate surface area is 130 Å². The van der Waals surface area contributed by atoms with Crippen molar-refractivity contribution in [3.05, 3.63) is 29.8 Å². The van der Waals surface area contributed by atoms with Gasteiger partial charge in [0, 0.05) is 13.1 Å². The van der Waals surface area contributed by atoms with Crippen LogP contribution in [0.3, 0.4) is 0 Å². The number of nitrogens with zero attached hydrogens (tertiary/aromatic N) is 1. The smallest absolute Gasteiger partial charge is 0.416 e. The number of benzene rings is 1. The van der Waals surface area contributed by atoms with E-state index in [9.17, 15) is 22.8 Å². The van der Waals surface area contributed by atoms with Gasteiger partial charge in [-0.25, -0.2) is 0 Å². The molecule has 126 valence electrons. The lowest BCUT2D eigenvalue weighted by atomic mass is 9.98. The molecule has 0 bridgehead atoms. The molecule has 5 nitrogen and oxygen atoms in total.